The molecule has 6 heteroatoms. The summed E-state index contributed by atoms with van der Waals surface area (Å²) < 4.78 is 30.6. The summed E-state index contributed by atoms with van der Waals surface area (Å²) in [5.74, 6) is -2.29. The fourth-order valence-electron chi connectivity index (χ4n) is 2.23. The normalized spacial score (nSPS) is 11.6. The molecule has 1 N–H and O–H groups in total. The lowest BCUT2D eigenvalue weighted by atomic mass is 9.99. The Morgan fingerprint density at radius 2 is 1.54 bits per heavy atom. The van der Waals surface area contributed by atoms with Crippen molar-refractivity contribution >= 4 is 11.9 Å². The Balaban J connectivity index is 2.00. The quantitative estimate of drug-likeness (QED) is 0.827. The van der Waals surface area contributed by atoms with Crippen molar-refractivity contribution in [1.29, 1.82) is 0 Å². The molecule has 4 nitrogen and oxygen atoms in total. The van der Waals surface area contributed by atoms with Gasteiger partial charge in [0.15, 0.2) is 0 Å². The van der Waals surface area contributed by atoms with Crippen molar-refractivity contribution in [3.8, 4) is 0 Å². The second-order valence-corrected chi connectivity index (χ2v) is 5.27. The summed E-state index contributed by atoms with van der Waals surface area (Å²) in [6, 6.07) is 10.9. The number of hydrogen-bond donors (Lipinski definition) is 1. The Bertz CT molecular complexity index is 699. The predicted octanol–water partition coefficient (Wildman–Crippen LogP) is 2.73. The molecule has 0 aromatic heterocycles. The summed E-state index contributed by atoms with van der Waals surface area (Å²) in [6.45, 7) is 0.0558. The minimum absolute atomic E-state index is 0.0558. The molecule has 0 saturated heterocycles. The van der Waals surface area contributed by atoms with E-state index >= 15 is 0 Å². The SMILES string of the molecule is COC(=O)[C@H](CNC(=O)c1ccc(F)cc1)Cc1ccc(F)cc1. The molecule has 0 heterocycles. The molecule has 1 amide bonds. The average molecular weight is 333 g/mol. The predicted molar refractivity (Wildman–Crippen MR) is 84.3 cm³/mol. The van der Waals surface area contributed by atoms with E-state index in [4.69, 9.17) is 4.74 Å². The second-order valence-electron chi connectivity index (χ2n) is 5.27. The molecule has 0 radical (unpaired) electrons. The van der Waals surface area contributed by atoms with Gasteiger partial charge in [0, 0.05) is 12.1 Å². The van der Waals surface area contributed by atoms with E-state index in [0.717, 1.165) is 5.56 Å². The zero-order chi connectivity index (χ0) is 17.5. The average Bonchev–Trinajstić information content (AvgIpc) is 2.60. The van der Waals surface area contributed by atoms with Crippen molar-refractivity contribution in [3.05, 3.63) is 71.3 Å². The topological polar surface area (TPSA) is 55.4 Å². The highest BCUT2D eigenvalue weighted by molar-refractivity contribution is 5.94. The van der Waals surface area contributed by atoms with Gasteiger partial charge in [0.1, 0.15) is 11.6 Å². The Kier molecular flexibility index (Phi) is 6.01. The molecular formula is C18H17F2NO3. The van der Waals surface area contributed by atoms with Crippen LogP contribution in [0.2, 0.25) is 0 Å². The molecule has 0 bridgehead atoms. The number of halogens is 2. The number of benzene rings is 2. The highest BCUT2D eigenvalue weighted by Crippen LogP contribution is 2.12. The number of ether oxygens (including phenoxy) is 1. The fraction of sp³-hybridized carbons (Fsp3) is 0.222. The Labute approximate surface area is 138 Å². The first-order chi connectivity index (χ1) is 11.5. The maximum atomic E-state index is 12.9. The first-order valence-electron chi connectivity index (χ1n) is 7.35. The van der Waals surface area contributed by atoms with Gasteiger partial charge in [-0.3, -0.25) is 9.59 Å². The van der Waals surface area contributed by atoms with Gasteiger partial charge < -0.3 is 10.1 Å². The summed E-state index contributed by atoms with van der Waals surface area (Å²) in [5.41, 5.74) is 1.05. The molecule has 0 spiro atoms. The summed E-state index contributed by atoms with van der Waals surface area (Å²) >= 11 is 0. The van der Waals surface area contributed by atoms with Crippen LogP contribution in [0.1, 0.15) is 15.9 Å². The van der Waals surface area contributed by atoms with Crippen molar-refractivity contribution in [1.82, 2.24) is 5.32 Å². The highest BCUT2D eigenvalue weighted by atomic mass is 19.1. The molecule has 2 aromatic rings. The Morgan fingerprint density at radius 3 is 2.08 bits per heavy atom. The lowest BCUT2D eigenvalue weighted by Gasteiger charge is -2.15. The van der Waals surface area contributed by atoms with Gasteiger partial charge in [-0.05, 0) is 48.4 Å². The van der Waals surface area contributed by atoms with Gasteiger partial charge >= 0.3 is 5.97 Å². The summed E-state index contributed by atoms with van der Waals surface area (Å²) in [4.78, 5) is 23.9. The van der Waals surface area contributed by atoms with Crippen LogP contribution in [-0.2, 0) is 16.0 Å². The van der Waals surface area contributed by atoms with Crippen molar-refractivity contribution in [2.24, 2.45) is 5.92 Å². The number of methoxy groups -OCH3 is 1. The van der Waals surface area contributed by atoms with Crippen LogP contribution in [0.3, 0.4) is 0 Å². The van der Waals surface area contributed by atoms with Gasteiger partial charge in [0.05, 0.1) is 13.0 Å². The minimum atomic E-state index is -0.607. The van der Waals surface area contributed by atoms with Crippen LogP contribution in [-0.4, -0.2) is 25.5 Å². The molecule has 0 saturated carbocycles. The monoisotopic (exact) mass is 333 g/mol. The summed E-state index contributed by atoms with van der Waals surface area (Å²) in [7, 11) is 1.27. The van der Waals surface area contributed by atoms with E-state index in [-0.39, 0.29) is 12.4 Å². The molecule has 0 aliphatic heterocycles. The third-order valence-corrected chi connectivity index (χ3v) is 3.55. The van der Waals surface area contributed by atoms with Crippen LogP contribution in [0.5, 0.6) is 0 Å². The maximum absolute atomic E-state index is 12.9. The molecule has 126 valence electrons. The molecule has 0 aliphatic rings. The van der Waals surface area contributed by atoms with Gasteiger partial charge in [-0.15, -0.1) is 0 Å². The molecule has 0 fully saturated rings. The van der Waals surface area contributed by atoms with Crippen LogP contribution >= 0.6 is 0 Å². The van der Waals surface area contributed by atoms with Crippen LogP contribution in [0.25, 0.3) is 0 Å². The molecular weight excluding hydrogens is 316 g/mol. The van der Waals surface area contributed by atoms with Gasteiger partial charge in [0.2, 0.25) is 0 Å². The lowest BCUT2D eigenvalue weighted by molar-refractivity contribution is -0.145. The summed E-state index contributed by atoms with van der Waals surface area (Å²) in [6.07, 6.45) is 0.302. The van der Waals surface area contributed by atoms with Gasteiger partial charge in [-0.25, -0.2) is 8.78 Å². The molecule has 0 aliphatic carbocycles. The molecule has 1 atom stereocenters. The molecule has 24 heavy (non-hydrogen) atoms. The number of rotatable bonds is 6. The van der Waals surface area contributed by atoms with E-state index in [1.807, 2.05) is 0 Å². The second kappa shape index (κ2) is 8.19. The van der Waals surface area contributed by atoms with Crippen molar-refractivity contribution < 1.29 is 23.1 Å². The lowest BCUT2D eigenvalue weighted by Crippen LogP contribution is -2.34. The van der Waals surface area contributed by atoms with Crippen LogP contribution in [0.15, 0.2) is 48.5 Å². The van der Waals surface area contributed by atoms with Crippen molar-refractivity contribution in [3.63, 3.8) is 0 Å². The zero-order valence-corrected chi connectivity index (χ0v) is 13.1. The number of esters is 1. The van der Waals surface area contributed by atoms with Crippen LogP contribution in [0, 0.1) is 17.6 Å². The van der Waals surface area contributed by atoms with E-state index in [9.17, 15) is 18.4 Å². The smallest absolute Gasteiger partial charge is 0.310 e. The first kappa shape index (κ1) is 17.6. The molecule has 2 aromatic carbocycles. The number of amides is 1. The standard InChI is InChI=1S/C18H17F2NO3/c1-24-18(23)14(10-12-2-6-15(19)7-3-12)11-21-17(22)13-4-8-16(20)9-5-13/h2-9,14H,10-11H2,1H3,(H,21,22)/t14-/m0/s1. The molecule has 0 unspecified atom stereocenters. The van der Waals surface area contributed by atoms with Crippen LogP contribution in [0.4, 0.5) is 8.78 Å². The van der Waals surface area contributed by atoms with E-state index in [0.29, 0.717) is 12.0 Å². The van der Waals surface area contributed by atoms with Gasteiger partial charge in [0.25, 0.3) is 5.91 Å². The first-order valence-corrected chi connectivity index (χ1v) is 7.35. The van der Waals surface area contributed by atoms with E-state index in [1.165, 1.54) is 43.5 Å². The Hall–Kier alpha value is -2.76. The van der Waals surface area contributed by atoms with Gasteiger partial charge in [-0.1, -0.05) is 12.1 Å². The van der Waals surface area contributed by atoms with Crippen molar-refractivity contribution in [2.45, 2.75) is 6.42 Å². The van der Waals surface area contributed by atoms with E-state index < -0.39 is 23.6 Å². The maximum Gasteiger partial charge on any atom is 0.310 e. The highest BCUT2D eigenvalue weighted by Gasteiger charge is 2.21. The third-order valence-electron chi connectivity index (χ3n) is 3.55. The Morgan fingerprint density at radius 1 is 1.00 bits per heavy atom. The number of carbonyl (C=O) groups is 2. The molecule has 2 rings (SSSR count). The largest absolute Gasteiger partial charge is 0.469 e. The summed E-state index contributed by atoms with van der Waals surface area (Å²) in [5, 5.41) is 2.63. The van der Waals surface area contributed by atoms with Gasteiger partial charge in [-0.2, -0.15) is 0 Å². The number of nitrogens with one attached hydrogen (secondary N) is 1. The minimum Gasteiger partial charge on any atom is -0.469 e. The number of hydrogen-bond acceptors (Lipinski definition) is 3. The van der Waals surface area contributed by atoms with Crippen molar-refractivity contribution in [2.75, 3.05) is 13.7 Å². The third kappa shape index (κ3) is 4.87. The number of carbonyl (C=O) groups excluding carboxylic acids is 2. The van der Waals surface area contributed by atoms with E-state index in [1.54, 1.807) is 12.1 Å². The zero-order valence-electron chi connectivity index (χ0n) is 13.1. The van der Waals surface area contributed by atoms with E-state index in [2.05, 4.69) is 5.32 Å². The fourth-order valence-corrected chi connectivity index (χ4v) is 2.23. The van der Waals surface area contributed by atoms with Crippen LogP contribution < -0.4 is 5.32 Å².